The molecular weight excluding hydrogens is 1050 g/mol. The molecule has 0 atom stereocenters. The average molecular weight is 1160 g/mol. The Kier molecular flexibility index (Phi) is 76.3. The Morgan fingerprint density at radius 3 is 0.722 bits per heavy atom. The minimum atomic E-state index is -3.66. The molecule has 0 aromatic carbocycles. The molecule has 458 valence electrons. The number of hydrogen-bond acceptors (Lipinski definition) is 16. The van der Waals surface area contributed by atoms with E-state index in [1.54, 1.807) is 0 Å². The van der Waals surface area contributed by atoms with Gasteiger partial charge in [0.05, 0.1) is 35.5 Å². The monoisotopic (exact) mass is 1160 g/mol. The number of carboxylic acid groups (broad SMARTS) is 1. The second kappa shape index (κ2) is 71.1. The smallest absolute Gasteiger partial charge is 0.662 e. The van der Waals surface area contributed by atoms with E-state index in [-0.39, 0.29) is 60.4 Å². The molecule has 0 spiro atoms. The number of ether oxygens (including phenoxy) is 3. The summed E-state index contributed by atoms with van der Waals surface area (Å²) in [4.78, 5) is 78.6. The minimum Gasteiger partial charge on any atom is -0.662 e. The number of ketones is 2. The van der Waals surface area contributed by atoms with Gasteiger partial charge in [0.25, 0.3) is 6.47 Å². The van der Waals surface area contributed by atoms with E-state index in [0.717, 1.165) is 149 Å². The number of carboxylic acids is 1. The zero-order valence-corrected chi connectivity index (χ0v) is 53.2. The van der Waals surface area contributed by atoms with Crippen molar-refractivity contribution < 1.29 is 109 Å². The summed E-state index contributed by atoms with van der Waals surface area (Å²) in [5.41, 5.74) is 0. The average Bonchev–Trinajstić information content (AvgIpc) is 3.44. The summed E-state index contributed by atoms with van der Waals surface area (Å²) >= 11 is 0. The largest absolute Gasteiger partial charge is 1.00 e. The van der Waals surface area contributed by atoms with Crippen LogP contribution in [0, 0.1) is 0 Å². The van der Waals surface area contributed by atoms with E-state index in [9.17, 15) is 37.2 Å². The third kappa shape index (κ3) is 81.6. The predicted octanol–water partition coefficient (Wildman–Crippen LogP) is 11.0. The quantitative estimate of drug-likeness (QED) is 0.00868. The standard InChI is InChI=1S/C29H52O5.C28H50O5.C2H6O4S.CH2O3.Na/c1-33-28(31)25-21-17-13-11-9-7-5-3-4-6-8-10-12-15-19-23-27(30)24-20-16-14-18-22-26-29(32)34-2;1-33-28(32)25-21-17-12-10-8-6-4-2-3-5-7-9-11-14-18-22-26(29)23-19-15-13-16-20-24-27(30)31;1-5-7(3,4)6-2;2-1-4-3;/h3,5H,4,6-26H2,1-2H3;2,4H,3,5-25H2,1H3,(H,30,31);1-2H3;1,3H;/q;;;;+1/p-1/b5-3-;4-2-;;;. The Labute approximate surface area is 501 Å². The van der Waals surface area contributed by atoms with E-state index in [2.05, 4.69) is 51.8 Å². The molecule has 0 saturated heterocycles. The van der Waals surface area contributed by atoms with E-state index < -0.39 is 16.4 Å². The van der Waals surface area contributed by atoms with Crippen LogP contribution in [0.5, 0.6) is 0 Å². The molecule has 0 aliphatic rings. The molecule has 0 saturated carbocycles. The fourth-order valence-electron chi connectivity index (χ4n) is 8.05. The number of allylic oxidation sites excluding steroid dienone is 4. The summed E-state index contributed by atoms with van der Waals surface area (Å²) in [6, 6.07) is 0. The molecule has 0 unspecified atom stereocenters. The van der Waals surface area contributed by atoms with Crippen molar-refractivity contribution in [1.29, 1.82) is 0 Å². The van der Waals surface area contributed by atoms with Gasteiger partial charge in [-0.1, -0.05) is 153 Å². The fourth-order valence-corrected chi connectivity index (χ4v) is 8.19. The Hall–Kier alpha value is -3.00. The van der Waals surface area contributed by atoms with Crippen molar-refractivity contribution >= 4 is 52.3 Å². The first-order chi connectivity index (χ1) is 37.7. The first kappa shape index (κ1) is 84.8. The van der Waals surface area contributed by atoms with Crippen LogP contribution >= 0.6 is 0 Å². The molecule has 79 heavy (non-hydrogen) atoms. The second-order valence-corrected chi connectivity index (χ2v) is 21.0. The van der Waals surface area contributed by atoms with Crippen LogP contribution in [0.2, 0.25) is 0 Å². The van der Waals surface area contributed by atoms with Gasteiger partial charge in [0.15, 0.2) is 0 Å². The van der Waals surface area contributed by atoms with Gasteiger partial charge in [0, 0.05) is 51.4 Å². The Morgan fingerprint density at radius 2 is 0.544 bits per heavy atom. The van der Waals surface area contributed by atoms with Crippen LogP contribution in [-0.2, 0) is 71.4 Å². The van der Waals surface area contributed by atoms with Crippen LogP contribution in [0.25, 0.3) is 0 Å². The van der Waals surface area contributed by atoms with Crippen LogP contribution < -0.4 is 34.8 Å². The van der Waals surface area contributed by atoms with Gasteiger partial charge < -0.3 is 29.5 Å². The first-order valence-corrected chi connectivity index (χ1v) is 30.9. The molecule has 0 radical (unpaired) electrons. The van der Waals surface area contributed by atoms with Gasteiger partial charge in [-0.2, -0.15) is 8.42 Å². The van der Waals surface area contributed by atoms with E-state index in [1.807, 2.05) is 0 Å². The Morgan fingerprint density at radius 1 is 0.354 bits per heavy atom. The van der Waals surface area contributed by atoms with E-state index in [0.29, 0.717) is 37.2 Å². The van der Waals surface area contributed by atoms with Crippen LogP contribution in [0.15, 0.2) is 24.3 Å². The van der Waals surface area contributed by atoms with Crippen molar-refractivity contribution in [3.05, 3.63) is 24.3 Å². The molecule has 0 aliphatic carbocycles. The van der Waals surface area contributed by atoms with Crippen LogP contribution in [0.3, 0.4) is 0 Å². The molecule has 0 aromatic heterocycles. The second-order valence-electron chi connectivity index (χ2n) is 19.5. The molecule has 0 rings (SSSR count). The molecule has 0 bridgehead atoms. The Bertz CT molecular complexity index is 1560. The van der Waals surface area contributed by atoms with Crippen LogP contribution in [-0.4, -0.2) is 91.0 Å². The number of methoxy groups -OCH3 is 3. The molecule has 17 nitrogen and oxygen atoms in total. The van der Waals surface area contributed by atoms with Gasteiger partial charge in [-0.15, -0.1) is 0 Å². The van der Waals surface area contributed by atoms with Crippen molar-refractivity contribution in [2.75, 3.05) is 35.5 Å². The zero-order valence-electron chi connectivity index (χ0n) is 50.4. The third-order valence-electron chi connectivity index (χ3n) is 12.8. The number of Topliss-reactive ketones (excluding diaryl/α,β-unsaturated/α-hetero) is 2. The predicted molar refractivity (Wildman–Crippen MR) is 305 cm³/mol. The zero-order chi connectivity index (χ0) is 58.9. The maximum atomic E-state index is 12.0. The van der Waals surface area contributed by atoms with Crippen molar-refractivity contribution in [2.45, 2.75) is 283 Å². The van der Waals surface area contributed by atoms with Crippen molar-refractivity contribution in [3.8, 4) is 0 Å². The van der Waals surface area contributed by atoms with Gasteiger partial charge in [0.1, 0.15) is 11.6 Å². The normalized spacial score (nSPS) is 10.8. The number of esters is 3. The molecule has 0 heterocycles. The van der Waals surface area contributed by atoms with Gasteiger partial charge in [-0.05, 0) is 103 Å². The van der Waals surface area contributed by atoms with E-state index >= 15 is 0 Å². The first-order valence-electron chi connectivity index (χ1n) is 29.5. The maximum Gasteiger partial charge on any atom is 1.00 e. The van der Waals surface area contributed by atoms with Crippen molar-refractivity contribution in [1.82, 2.24) is 0 Å². The molecular formula is C60H109NaO17S. The summed E-state index contributed by atoms with van der Waals surface area (Å²) in [6.07, 6.45) is 54.6. The van der Waals surface area contributed by atoms with Crippen LogP contribution in [0.4, 0.5) is 0 Å². The number of carbonyl (C=O) groups is 7. The Balaban J connectivity index is -0.000000383. The van der Waals surface area contributed by atoms with Crippen molar-refractivity contribution in [2.24, 2.45) is 0 Å². The fraction of sp³-hybridized carbons (Fsp3) is 0.817. The van der Waals surface area contributed by atoms with Crippen molar-refractivity contribution in [3.63, 3.8) is 0 Å². The van der Waals surface area contributed by atoms with Gasteiger partial charge in [-0.25, -0.2) is 0 Å². The minimum absolute atomic E-state index is 0. The summed E-state index contributed by atoms with van der Waals surface area (Å²) < 4.78 is 41.4. The van der Waals surface area contributed by atoms with E-state index in [1.165, 1.54) is 137 Å². The van der Waals surface area contributed by atoms with Gasteiger partial charge >= 0.3 is 63.8 Å². The molecule has 19 heteroatoms. The van der Waals surface area contributed by atoms with Gasteiger partial charge in [-0.3, -0.25) is 41.9 Å². The summed E-state index contributed by atoms with van der Waals surface area (Å²) in [5.74, 6) is -0.226. The molecule has 1 N–H and O–H groups in total. The molecule has 0 amide bonds. The molecule has 0 aliphatic heterocycles. The number of carbonyl (C=O) groups excluding carboxylic acids is 6. The summed E-state index contributed by atoms with van der Waals surface area (Å²) in [5, 5.41) is 17.0. The van der Waals surface area contributed by atoms with E-state index in [4.69, 9.17) is 15.2 Å². The molecule has 0 aromatic rings. The van der Waals surface area contributed by atoms with Gasteiger partial charge in [0.2, 0.25) is 0 Å². The summed E-state index contributed by atoms with van der Waals surface area (Å²) in [7, 11) is 2.72. The SMILES string of the molecule is COC(=O)CCCCCCC/C=C\CCCCCCCCC(=O)CCCCCCCC(=O)O.COC(=O)CCCCCCC/C=C\CCCCCCCCC(=O)CCCCCCCC(=O)OC.COS(=O)(=O)OC.O=CO[O-].[Na+]. The number of hydrogen-bond donors (Lipinski definition) is 1. The number of aliphatic carboxylic acids is 1. The topological polar surface area (TPSA) is 252 Å². The third-order valence-corrected chi connectivity index (χ3v) is 13.6. The number of unbranched alkanes of at least 4 members (excludes halogenated alkanes) is 30. The maximum absolute atomic E-state index is 12.0. The molecule has 0 fully saturated rings. The summed E-state index contributed by atoms with van der Waals surface area (Å²) in [6.45, 7) is -0.181. The van der Waals surface area contributed by atoms with Crippen LogP contribution in [0.1, 0.15) is 283 Å². The number of rotatable bonds is 53.